The number of non-ortho nitro benzene ring substituents is 1. The maximum Gasteiger partial charge on any atom is 0.433 e. The van der Waals surface area contributed by atoms with Crippen molar-refractivity contribution in [3.63, 3.8) is 0 Å². The predicted octanol–water partition coefficient (Wildman–Crippen LogP) is 3.48. The number of nitrogens with zero attached hydrogens (tertiary/aromatic N) is 2. The van der Waals surface area contributed by atoms with E-state index in [1.165, 1.54) is 0 Å². The molecule has 1 aliphatic heterocycles. The molecule has 22 heavy (non-hydrogen) atoms. The fourth-order valence-electron chi connectivity index (χ4n) is 2.41. The number of ether oxygens (including phenoxy) is 1. The van der Waals surface area contributed by atoms with Crippen molar-refractivity contribution < 1.29 is 27.2 Å². The van der Waals surface area contributed by atoms with Gasteiger partial charge in [-0.3, -0.25) is 10.1 Å². The van der Waals surface area contributed by atoms with Crippen LogP contribution >= 0.6 is 0 Å². The second-order valence-electron chi connectivity index (χ2n) is 5.34. The van der Waals surface area contributed by atoms with Gasteiger partial charge in [0.15, 0.2) is 5.82 Å². The number of alkyl halides is 3. The second-order valence-corrected chi connectivity index (χ2v) is 5.34. The SMILES string of the molecule is CC(C)[C@@H]1CO[C@H](C(F)(F)F)N1c1ccc([N+](=O)[O-])cc1F. The van der Waals surface area contributed by atoms with Gasteiger partial charge in [0.25, 0.3) is 5.69 Å². The van der Waals surface area contributed by atoms with E-state index in [-0.39, 0.29) is 18.2 Å². The Kier molecular flexibility index (Phi) is 4.28. The van der Waals surface area contributed by atoms with E-state index in [9.17, 15) is 27.7 Å². The Morgan fingerprint density at radius 1 is 1.41 bits per heavy atom. The van der Waals surface area contributed by atoms with Gasteiger partial charge in [0, 0.05) is 6.07 Å². The van der Waals surface area contributed by atoms with Crippen LogP contribution < -0.4 is 4.90 Å². The average molecular weight is 322 g/mol. The fourth-order valence-corrected chi connectivity index (χ4v) is 2.41. The van der Waals surface area contributed by atoms with Crippen LogP contribution in [-0.2, 0) is 4.74 Å². The van der Waals surface area contributed by atoms with Crippen molar-refractivity contribution in [3.05, 3.63) is 34.1 Å². The first-order chi connectivity index (χ1) is 10.1. The molecular formula is C13H14F4N2O3. The van der Waals surface area contributed by atoms with Crippen molar-refractivity contribution in [2.24, 2.45) is 5.92 Å². The fraction of sp³-hybridized carbons (Fsp3) is 0.538. The van der Waals surface area contributed by atoms with Gasteiger partial charge in [0.2, 0.25) is 6.23 Å². The maximum absolute atomic E-state index is 14.1. The van der Waals surface area contributed by atoms with Crippen molar-refractivity contribution in [2.75, 3.05) is 11.5 Å². The highest BCUT2D eigenvalue weighted by Crippen LogP contribution is 2.39. The third-order valence-electron chi connectivity index (χ3n) is 3.50. The van der Waals surface area contributed by atoms with Gasteiger partial charge in [0.05, 0.1) is 29.3 Å². The normalized spacial score (nSPS) is 22.4. The second kappa shape index (κ2) is 5.71. The van der Waals surface area contributed by atoms with Crippen molar-refractivity contribution >= 4 is 11.4 Å². The summed E-state index contributed by atoms with van der Waals surface area (Å²) in [6, 6.07) is 1.89. The van der Waals surface area contributed by atoms with Crippen LogP contribution in [0.4, 0.5) is 28.9 Å². The lowest BCUT2D eigenvalue weighted by molar-refractivity contribution is -0.385. The van der Waals surface area contributed by atoms with Gasteiger partial charge in [-0.2, -0.15) is 13.2 Å². The molecule has 5 nitrogen and oxygen atoms in total. The highest BCUT2D eigenvalue weighted by atomic mass is 19.4. The minimum Gasteiger partial charge on any atom is -0.348 e. The first-order valence-electron chi connectivity index (χ1n) is 6.53. The van der Waals surface area contributed by atoms with Crippen LogP contribution in [-0.4, -0.2) is 30.0 Å². The van der Waals surface area contributed by atoms with E-state index in [1.54, 1.807) is 13.8 Å². The lowest BCUT2D eigenvalue weighted by atomic mass is 10.0. The molecule has 1 fully saturated rings. The largest absolute Gasteiger partial charge is 0.433 e. The van der Waals surface area contributed by atoms with E-state index in [1.807, 2.05) is 0 Å². The van der Waals surface area contributed by atoms with Gasteiger partial charge in [-0.05, 0) is 12.0 Å². The molecule has 1 heterocycles. The van der Waals surface area contributed by atoms with Gasteiger partial charge < -0.3 is 9.64 Å². The number of rotatable bonds is 3. The van der Waals surface area contributed by atoms with Gasteiger partial charge in [-0.15, -0.1) is 0 Å². The molecule has 0 unspecified atom stereocenters. The predicted molar refractivity (Wildman–Crippen MR) is 70.0 cm³/mol. The minimum atomic E-state index is -4.70. The average Bonchev–Trinajstić information content (AvgIpc) is 2.82. The standard InChI is InChI=1S/C13H14F4N2O3/c1-7(2)11-6-22-12(13(15,16)17)18(11)10-4-3-8(19(20)21)5-9(10)14/h3-5,7,11-12H,6H2,1-2H3/t11-,12+/m0/s1. The number of benzene rings is 1. The Balaban J connectivity index is 2.47. The number of hydrogen-bond acceptors (Lipinski definition) is 4. The molecule has 1 saturated heterocycles. The summed E-state index contributed by atoms with van der Waals surface area (Å²) in [5.41, 5.74) is -0.879. The third-order valence-corrected chi connectivity index (χ3v) is 3.50. The van der Waals surface area contributed by atoms with Crippen LogP contribution in [0.3, 0.4) is 0 Å². The van der Waals surface area contributed by atoms with Crippen LogP contribution in [0.5, 0.6) is 0 Å². The Hall–Kier alpha value is -1.90. The number of hydrogen-bond donors (Lipinski definition) is 0. The smallest absolute Gasteiger partial charge is 0.348 e. The van der Waals surface area contributed by atoms with E-state index < -0.39 is 34.9 Å². The molecular weight excluding hydrogens is 308 g/mol. The molecule has 2 rings (SSSR count). The molecule has 0 spiro atoms. The number of halogens is 4. The first kappa shape index (κ1) is 16.5. The zero-order chi connectivity index (χ0) is 16.7. The monoisotopic (exact) mass is 322 g/mol. The summed E-state index contributed by atoms with van der Waals surface area (Å²) in [6.07, 6.45) is -6.96. The van der Waals surface area contributed by atoms with Crippen molar-refractivity contribution in [2.45, 2.75) is 32.3 Å². The Bertz CT molecular complexity index is 577. The molecule has 9 heteroatoms. The summed E-state index contributed by atoms with van der Waals surface area (Å²) in [4.78, 5) is 10.6. The molecule has 0 amide bonds. The molecule has 0 radical (unpaired) electrons. The molecule has 0 bridgehead atoms. The number of anilines is 1. The van der Waals surface area contributed by atoms with Crippen LogP contribution in [0.15, 0.2) is 18.2 Å². The number of nitro groups is 1. The summed E-state index contributed by atoms with van der Waals surface area (Å²) in [7, 11) is 0. The third kappa shape index (κ3) is 2.99. The molecule has 0 aromatic heterocycles. The summed E-state index contributed by atoms with van der Waals surface area (Å²) in [6.45, 7) is 3.20. The lowest BCUT2D eigenvalue weighted by Crippen LogP contribution is -2.47. The highest BCUT2D eigenvalue weighted by Gasteiger charge is 2.52. The number of nitro benzene ring substituents is 1. The highest BCUT2D eigenvalue weighted by molar-refractivity contribution is 5.54. The maximum atomic E-state index is 14.1. The molecule has 1 aromatic carbocycles. The van der Waals surface area contributed by atoms with Gasteiger partial charge in [-0.25, -0.2) is 4.39 Å². The molecule has 0 N–H and O–H groups in total. The van der Waals surface area contributed by atoms with Gasteiger partial charge >= 0.3 is 6.18 Å². The van der Waals surface area contributed by atoms with E-state index >= 15 is 0 Å². The molecule has 1 aliphatic rings. The van der Waals surface area contributed by atoms with Crippen molar-refractivity contribution in [3.8, 4) is 0 Å². The van der Waals surface area contributed by atoms with Gasteiger partial charge in [-0.1, -0.05) is 13.8 Å². The minimum absolute atomic E-state index is 0.196. The zero-order valence-electron chi connectivity index (χ0n) is 11.8. The van der Waals surface area contributed by atoms with E-state index in [4.69, 9.17) is 4.74 Å². The van der Waals surface area contributed by atoms with E-state index in [0.717, 1.165) is 17.0 Å². The van der Waals surface area contributed by atoms with Crippen LogP contribution in [0.25, 0.3) is 0 Å². The van der Waals surface area contributed by atoms with Crippen molar-refractivity contribution in [1.29, 1.82) is 0 Å². The molecule has 1 aromatic rings. The summed E-state index contributed by atoms with van der Waals surface area (Å²) >= 11 is 0. The molecule has 0 saturated carbocycles. The Labute approximate surface area is 123 Å². The summed E-state index contributed by atoms with van der Waals surface area (Å²) < 4.78 is 58.1. The van der Waals surface area contributed by atoms with Crippen LogP contribution in [0.2, 0.25) is 0 Å². The molecule has 122 valence electrons. The van der Waals surface area contributed by atoms with Crippen LogP contribution in [0.1, 0.15) is 13.8 Å². The Morgan fingerprint density at radius 2 is 2.05 bits per heavy atom. The summed E-state index contributed by atoms with van der Waals surface area (Å²) in [5.74, 6) is -1.30. The Morgan fingerprint density at radius 3 is 2.50 bits per heavy atom. The first-order valence-corrected chi connectivity index (χ1v) is 6.53. The molecule has 0 aliphatic carbocycles. The van der Waals surface area contributed by atoms with E-state index in [0.29, 0.717) is 6.07 Å². The van der Waals surface area contributed by atoms with Crippen molar-refractivity contribution in [1.82, 2.24) is 0 Å². The summed E-state index contributed by atoms with van der Waals surface area (Å²) in [5, 5.41) is 10.6. The lowest BCUT2D eigenvalue weighted by Gasteiger charge is -2.33. The van der Waals surface area contributed by atoms with E-state index in [2.05, 4.69) is 0 Å². The van der Waals surface area contributed by atoms with Crippen LogP contribution in [0, 0.1) is 21.8 Å². The zero-order valence-corrected chi connectivity index (χ0v) is 11.8. The quantitative estimate of drug-likeness (QED) is 0.486. The topological polar surface area (TPSA) is 55.6 Å². The molecule has 2 atom stereocenters. The van der Waals surface area contributed by atoms with Gasteiger partial charge in [0.1, 0.15) is 0 Å².